The minimum absolute atomic E-state index is 0.287. The maximum Gasteiger partial charge on any atom is 0.168 e. The fourth-order valence-corrected chi connectivity index (χ4v) is 2.94. The zero-order valence-electron chi connectivity index (χ0n) is 13.4. The van der Waals surface area contributed by atoms with Crippen molar-refractivity contribution in [2.45, 2.75) is 0 Å². The van der Waals surface area contributed by atoms with E-state index in [-0.39, 0.29) is 11.4 Å². The monoisotopic (exact) mass is 401 g/mol. The fourth-order valence-electron chi connectivity index (χ4n) is 2.48. The highest BCUT2D eigenvalue weighted by Gasteiger charge is 2.14. The number of nitriles is 1. The van der Waals surface area contributed by atoms with E-state index in [9.17, 15) is 9.65 Å². The average Bonchev–Trinajstić information content (AvgIpc) is 3.01. The molecule has 3 aromatic rings. The van der Waals surface area contributed by atoms with Crippen molar-refractivity contribution in [1.29, 1.82) is 5.26 Å². The number of halogens is 2. The number of aromatic amines is 1. The molecule has 0 atom stereocenters. The van der Waals surface area contributed by atoms with Gasteiger partial charge in [-0.2, -0.15) is 5.26 Å². The predicted octanol–water partition coefficient (Wildman–Crippen LogP) is 4.55. The topological polar surface area (TPSA) is 70.9 Å². The number of rotatable bonds is 4. The second-order valence-corrected chi connectivity index (χ2v) is 6.06. The first-order valence-electron chi connectivity index (χ1n) is 7.24. The standard InChI is InChI=1S/C18H13BrFN3O2/c1-24-16-7-12(19)6-10(17(16)25-2)5-11(9-21)18-22-14-4-3-13(20)8-15(14)23-18/h3-8H,1-2H3,(H,22,23)/b11-5-. The van der Waals surface area contributed by atoms with Crippen molar-refractivity contribution in [3.05, 3.63) is 52.0 Å². The predicted molar refractivity (Wildman–Crippen MR) is 96.8 cm³/mol. The molecule has 1 N–H and O–H groups in total. The minimum Gasteiger partial charge on any atom is -0.493 e. The number of H-pyrrole nitrogens is 1. The van der Waals surface area contributed by atoms with Crippen LogP contribution in [0.2, 0.25) is 0 Å². The summed E-state index contributed by atoms with van der Waals surface area (Å²) in [6, 6.07) is 9.91. The van der Waals surface area contributed by atoms with Gasteiger partial charge in [0, 0.05) is 10.0 Å². The van der Waals surface area contributed by atoms with Gasteiger partial charge in [0.15, 0.2) is 11.5 Å². The number of hydrogen-bond acceptors (Lipinski definition) is 4. The van der Waals surface area contributed by atoms with Crippen molar-refractivity contribution in [2.24, 2.45) is 0 Å². The summed E-state index contributed by atoms with van der Waals surface area (Å²) in [4.78, 5) is 7.31. The largest absolute Gasteiger partial charge is 0.493 e. The second-order valence-electron chi connectivity index (χ2n) is 5.15. The van der Waals surface area contributed by atoms with Gasteiger partial charge in [-0.3, -0.25) is 0 Å². The van der Waals surface area contributed by atoms with Crippen molar-refractivity contribution in [3.8, 4) is 17.6 Å². The van der Waals surface area contributed by atoms with Gasteiger partial charge in [0.25, 0.3) is 0 Å². The van der Waals surface area contributed by atoms with Gasteiger partial charge in [-0.05, 0) is 36.4 Å². The third kappa shape index (κ3) is 3.35. The van der Waals surface area contributed by atoms with Gasteiger partial charge in [-0.1, -0.05) is 15.9 Å². The molecule has 0 fully saturated rings. The Kier molecular flexibility index (Phi) is 4.72. The maximum atomic E-state index is 13.3. The summed E-state index contributed by atoms with van der Waals surface area (Å²) in [5.41, 5.74) is 2.04. The van der Waals surface area contributed by atoms with E-state index in [4.69, 9.17) is 9.47 Å². The molecule has 0 saturated heterocycles. The molecule has 3 rings (SSSR count). The number of nitrogens with one attached hydrogen (secondary N) is 1. The van der Waals surface area contributed by atoms with Crippen LogP contribution in [0.5, 0.6) is 11.5 Å². The molecule has 0 aliphatic rings. The van der Waals surface area contributed by atoms with Gasteiger partial charge >= 0.3 is 0 Å². The smallest absolute Gasteiger partial charge is 0.168 e. The number of allylic oxidation sites excluding steroid dienone is 1. The van der Waals surface area contributed by atoms with E-state index in [1.807, 2.05) is 0 Å². The maximum absolute atomic E-state index is 13.3. The molecule has 0 aliphatic heterocycles. The summed E-state index contributed by atoms with van der Waals surface area (Å²) in [5.74, 6) is 1.01. The van der Waals surface area contributed by atoms with Crippen LogP contribution in [0.4, 0.5) is 4.39 Å². The van der Waals surface area contributed by atoms with Crippen molar-refractivity contribution in [1.82, 2.24) is 9.97 Å². The summed E-state index contributed by atoms with van der Waals surface area (Å²) >= 11 is 3.41. The Labute approximate surface area is 151 Å². The molecule has 1 heterocycles. The molecule has 126 valence electrons. The van der Waals surface area contributed by atoms with Crippen molar-refractivity contribution in [3.63, 3.8) is 0 Å². The molecule has 0 amide bonds. The molecule has 2 aromatic carbocycles. The molecule has 5 nitrogen and oxygen atoms in total. The van der Waals surface area contributed by atoms with Crippen molar-refractivity contribution >= 4 is 38.6 Å². The van der Waals surface area contributed by atoms with Crippen LogP contribution in [0.1, 0.15) is 11.4 Å². The number of nitrogens with zero attached hydrogens (tertiary/aromatic N) is 2. The Morgan fingerprint density at radius 3 is 2.76 bits per heavy atom. The highest BCUT2D eigenvalue weighted by molar-refractivity contribution is 9.10. The summed E-state index contributed by atoms with van der Waals surface area (Å²) in [6.45, 7) is 0. The molecule has 0 aliphatic carbocycles. The van der Waals surface area contributed by atoms with Gasteiger partial charge < -0.3 is 14.5 Å². The molecule has 1 aromatic heterocycles. The molecule has 7 heteroatoms. The van der Waals surface area contributed by atoms with Crippen LogP contribution in [0, 0.1) is 17.1 Å². The first-order valence-corrected chi connectivity index (χ1v) is 8.04. The molecule has 25 heavy (non-hydrogen) atoms. The summed E-state index contributed by atoms with van der Waals surface area (Å²) in [7, 11) is 3.07. The van der Waals surface area contributed by atoms with Gasteiger partial charge in [0.1, 0.15) is 17.7 Å². The lowest BCUT2D eigenvalue weighted by molar-refractivity contribution is 0.354. The van der Waals surface area contributed by atoms with Crippen LogP contribution in [-0.2, 0) is 0 Å². The van der Waals surface area contributed by atoms with Crippen LogP contribution in [0.3, 0.4) is 0 Å². The highest BCUT2D eigenvalue weighted by Crippen LogP contribution is 2.36. The van der Waals surface area contributed by atoms with Crippen LogP contribution >= 0.6 is 15.9 Å². The van der Waals surface area contributed by atoms with E-state index >= 15 is 0 Å². The van der Waals surface area contributed by atoms with Gasteiger partial charge in [0.2, 0.25) is 0 Å². The van der Waals surface area contributed by atoms with E-state index in [0.717, 1.165) is 4.47 Å². The third-order valence-corrected chi connectivity index (χ3v) is 4.05. The van der Waals surface area contributed by atoms with Crippen LogP contribution in [-0.4, -0.2) is 24.2 Å². The Balaban J connectivity index is 2.14. The lowest BCUT2D eigenvalue weighted by atomic mass is 10.1. The average molecular weight is 402 g/mol. The number of benzene rings is 2. The van der Waals surface area contributed by atoms with Gasteiger partial charge in [0.05, 0.1) is 30.8 Å². The summed E-state index contributed by atoms with van der Waals surface area (Å²) in [6.07, 6.45) is 1.64. The number of aromatic nitrogens is 2. The zero-order valence-corrected chi connectivity index (χ0v) is 15.0. The van der Waals surface area contributed by atoms with E-state index in [1.54, 1.807) is 24.3 Å². The quantitative estimate of drug-likeness (QED) is 0.651. The van der Waals surface area contributed by atoms with E-state index in [1.165, 1.54) is 26.4 Å². The Hall–Kier alpha value is -2.85. The molecule has 0 spiro atoms. The fraction of sp³-hybridized carbons (Fsp3) is 0.111. The van der Waals surface area contributed by atoms with Crippen molar-refractivity contribution in [2.75, 3.05) is 14.2 Å². The number of methoxy groups -OCH3 is 2. The lowest BCUT2D eigenvalue weighted by Gasteiger charge is -2.11. The third-order valence-electron chi connectivity index (χ3n) is 3.59. The van der Waals surface area contributed by atoms with Gasteiger partial charge in [-0.15, -0.1) is 0 Å². The van der Waals surface area contributed by atoms with E-state index in [2.05, 4.69) is 32.0 Å². The highest BCUT2D eigenvalue weighted by atomic mass is 79.9. The van der Waals surface area contributed by atoms with E-state index < -0.39 is 0 Å². The zero-order chi connectivity index (χ0) is 18.0. The number of imidazole rings is 1. The Morgan fingerprint density at radius 2 is 2.08 bits per heavy atom. The molecule has 0 bridgehead atoms. The first-order chi connectivity index (χ1) is 12.0. The normalized spacial score (nSPS) is 11.4. The molecular weight excluding hydrogens is 389 g/mol. The second kappa shape index (κ2) is 6.95. The number of fused-ring (bicyclic) bond motifs is 1. The Morgan fingerprint density at radius 1 is 1.28 bits per heavy atom. The minimum atomic E-state index is -0.372. The Bertz CT molecular complexity index is 1020. The van der Waals surface area contributed by atoms with Crippen LogP contribution < -0.4 is 9.47 Å². The molecule has 0 saturated carbocycles. The molecule has 0 unspecified atom stereocenters. The summed E-state index contributed by atoms with van der Waals surface area (Å²) in [5, 5.41) is 9.54. The van der Waals surface area contributed by atoms with Crippen LogP contribution in [0.25, 0.3) is 22.7 Å². The van der Waals surface area contributed by atoms with Crippen LogP contribution in [0.15, 0.2) is 34.8 Å². The number of hydrogen-bond donors (Lipinski definition) is 1. The van der Waals surface area contributed by atoms with Crippen molar-refractivity contribution < 1.29 is 13.9 Å². The van der Waals surface area contributed by atoms with E-state index in [0.29, 0.717) is 33.9 Å². The SMILES string of the molecule is COc1cc(Br)cc(/C=C(/C#N)c2nc3ccc(F)cc3[nH]2)c1OC. The molecule has 0 radical (unpaired) electrons. The van der Waals surface area contributed by atoms with Gasteiger partial charge in [-0.25, -0.2) is 9.37 Å². The summed E-state index contributed by atoms with van der Waals surface area (Å²) < 4.78 is 24.8. The molecular formula is C18H13BrFN3O2. The lowest BCUT2D eigenvalue weighted by Crippen LogP contribution is -1.94. The number of ether oxygens (including phenoxy) is 2. The first kappa shape index (κ1) is 17.0.